The summed E-state index contributed by atoms with van der Waals surface area (Å²) < 4.78 is 44.5. The summed E-state index contributed by atoms with van der Waals surface area (Å²) in [6.45, 7) is 2.58. The number of hydrogen-bond donors (Lipinski definition) is 1. The van der Waals surface area contributed by atoms with E-state index in [1.807, 2.05) is 0 Å². The zero-order chi connectivity index (χ0) is 20.4. The fourth-order valence-electron chi connectivity index (χ4n) is 2.47. The predicted molar refractivity (Wildman–Crippen MR) is 83.8 cm³/mol. The van der Waals surface area contributed by atoms with Gasteiger partial charge in [0.15, 0.2) is 6.10 Å². The van der Waals surface area contributed by atoms with Crippen LogP contribution in [0.1, 0.15) is 27.0 Å². The highest BCUT2D eigenvalue weighted by molar-refractivity contribution is 5.87. The first-order valence-corrected chi connectivity index (χ1v) is 7.73. The summed E-state index contributed by atoms with van der Waals surface area (Å²) in [7, 11) is 0. The maximum atomic E-state index is 14.8. The summed E-state index contributed by atoms with van der Waals surface area (Å²) in [6.07, 6.45) is -4.78. The summed E-state index contributed by atoms with van der Waals surface area (Å²) in [5.74, 6) is -6.19. The molecule has 0 aliphatic carbocycles. The quantitative estimate of drug-likeness (QED) is 0.710. The van der Waals surface area contributed by atoms with Crippen LogP contribution in [0.4, 0.5) is 14.6 Å². The number of nitrogens with zero attached hydrogens (tertiary/aromatic N) is 2. The van der Waals surface area contributed by atoms with Crippen LogP contribution in [-0.2, 0) is 28.6 Å². The molecule has 12 heteroatoms. The van der Waals surface area contributed by atoms with Crippen molar-refractivity contribution in [1.82, 2.24) is 9.55 Å². The fraction of sp³-hybridized carbons (Fsp3) is 0.533. The van der Waals surface area contributed by atoms with Gasteiger partial charge >= 0.3 is 23.6 Å². The molecule has 0 radical (unpaired) electrons. The molecule has 148 valence electrons. The van der Waals surface area contributed by atoms with Gasteiger partial charge in [0.1, 0.15) is 18.5 Å². The van der Waals surface area contributed by atoms with E-state index < -0.39 is 54.5 Å². The van der Waals surface area contributed by atoms with E-state index in [-0.39, 0.29) is 5.82 Å². The molecule has 1 amide bonds. The summed E-state index contributed by atoms with van der Waals surface area (Å²) >= 11 is 0. The molecule has 1 aliphatic rings. The Morgan fingerprint density at radius 2 is 1.96 bits per heavy atom. The molecule has 1 fully saturated rings. The second kappa shape index (κ2) is 7.78. The number of nitrogens with one attached hydrogen (secondary N) is 1. The molecular weight excluding hydrogens is 372 g/mol. The van der Waals surface area contributed by atoms with Crippen LogP contribution < -0.4 is 11.0 Å². The van der Waals surface area contributed by atoms with Crippen molar-refractivity contribution in [1.29, 1.82) is 0 Å². The minimum absolute atomic E-state index is 0.127. The number of hydrogen-bond acceptors (Lipinski definition) is 8. The Bertz CT molecular complexity index is 811. The summed E-state index contributed by atoms with van der Waals surface area (Å²) in [6, 6.07) is 1.13. The van der Waals surface area contributed by atoms with Gasteiger partial charge in [-0.2, -0.15) is 13.8 Å². The number of alkyl halides is 2. The normalized spacial score (nSPS) is 23.5. The van der Waals surface area contributed by atoms with Crippen molar-refractivity contribution in [3.05, 3.63) is 22.7 Å². The van der Waals surface area contributed by atoms with E-state index in [0.29, 0.717) is 4.57 Å². The smallest absolute Gasteiger partial charge is 0.351 e. The van der Waals surface area contributed by atoms with Crippen molar-refractivity contribution in [2.24, 2.45) is 0 Å². The lowest BCUT2D eigenvalue weighted by atomic mass is 10.1. The first kappa shape index (κ1) is 20.4. The topological polar surface area (TPSA) is 126 Å². The summed E-state index contributed by atoms with van der Waals surface area (Å²) in [5, 5.41) is 2.24. The monoisotopic (exact) mass is 389 g/mol. The standard InChI is InChI=1S/C15H17F2N3O7/c1-7(21)18-11-4-5-20(14(24)19-11)13-15(16,17)12(26-9(3)23)10(27-13)6-25-8(2)22/h4-5,10,12-13H,6H2,1-3H3,(H,18,19,21,24). The minimum atomic E-state index is -3.82. The number of esters is 2. The van der Waals surface area contributed by atoms with Gasteiger partial charge in [0.2, 0.25) is 12.1 Å². The van der Waals surface area contributed by atoms with Crippen LogP contribution in [0.2, 0.25) is 0 Å². The second-order valence-corrected chi connectivity index (χ2v) is 5.72. The molecule has 1 saturated heterocycles. The van der Waals surface area contributed by atoms with Gasteiger partial charge in [-0.1, -0.05) is 0 Å². The summed E-state index contributed by atoms with van der Waals surface area (Å²) in [4.78, 5) is 48.7. The lowest BCUT2D eigenvalue weighted by molar-refractivity contribution is -0.174. The van der Waals surface area contributed by atoms with Crippen LogP contribution in [0, 0.1) is 0 Å². The number of halogens is 2. The minimum Gasteiger partial charge on any atom is -0.463 e. The van der Waals surface area contributed by atoms with E-state index in [2.05, 4.69) is 19.8 Å². The molecule has 3 unspecified atom stereocenters. The van der Waals surface area contributed by atoms with Crippen LogP contribution in [0.25, 0.3) is 0 Å². The van der Waals surface area contributed by atoms with Crippen LogP contribution in [-0.4, -0.2) is 52.1 Å². The molecule has 2 heterocycles. The van der Waals surface area contributed by atoms with Crippen LogP contribution in [0.3, 0.4) is 0 Å². The van der Waals surface area contributed by atoms with E-state index in [1.54, 1.807) is 0 Å². The van der Waals surface area contributed by atoms with Crippen molar-refractivity contribution in [2.45, 2.75) is 45.1 Å². The molecule has 1 aromatic heterocycles. The number of carbonyl (C=O) groups is 3. The van der Waals surface area contributed by atoms with Crippen LogP contribution in [0.5, 0.6) is 0 Å². The first-order chi connectivity index (χ1) is 12.5. The average molecular weight is 389 g/mol. The molecule has 0 aromatic carbocycles. The molecule has 0 bridgehead atoms. The van der Waals surface area contributed by atoms with Gasteiger partial charge in [-0.3, -0.25) is 19.0 Å². The zero-order valence-electron chi connectivity index (χ0n) is 14.6. The molecule has 1 aromatic rings. The number of rotatable bonds is 5. The van der Waals surface area contributed by atoms with E-state index in [9.17, 15) is 28.0 Å². The van der Waals surface area contributed by atoms with E-state index >= 15 is 0 Å². The third-order valence-corrected chi connectivity index (χ3v) is 3.48. The van der Waals surface area contributed by atoms with E-state index in [4.69, 9.17) is 4.74 Å². The fourth-order valence-corrected chi connectivity index (χ4v) is 2.47. The number of ether oxygens (including phenoxy) is 3. The van der Waals surface area contributed by atoms with Gasteiger partial charge in [-0.25, -0.2) is 4.79 Å². The predicted octanol–water partition coefficient (Wildman–Crippen LogP) is 0.229. The Balaban J connectivity index is 2.35. The van der Waals surface area contributed by atoms with Gasteiger partial charge in [0, 0.05) is 27.0 Å². The largest absolute Gasteiger partial charge is 0.463 e. The molecule has 10 nitrogen and oxygen atoms in total. The highest BCUT2D eigenvalue weighted by Gasteiger charge is 2.62. The Morgan fingerprint density at radius 1 is 1.30 bits per heavy atom. The van der Waals surface area contributed by atoms with Crippen molar-refractivity contribution < 1.29 is 37.4 Å². The lowest BCUT2D eigenvalue weighted by Gasteiger charge is -2.23. The molecule has 1 aliphatic heterocycles. The number of carbonyl (C=O) groups excluding carboxylic acids is 3. The van der Waals surface area contributed by atoms with Crippen molar-refractivity contribution in [3.8, 4) is 0 Å². The first-order valence-electron chi connectivity index (χ1n) is 7.73. The van der Waals surface area contributed by atoms with Gasteiger partial charge in [0.05, 0.1) is 0 Å². The van der Waals surface area contributed by atoms with Gasteiger partial charge in [-0.05, 0) is 6.07 Å². The third kappa shape index (κ3) is 4.64. The van der Waals surface area contributed by atoms with Crippen molar-refractivity contribution in [3.63, 3.8) is 0 Å². The van der Waals surface area contributed by atoms with Gasteiger partial charge < -0.3 is 19.5 Å². The maximum absolute atomic E-state index is 14.8. The Morgan fingerprint density at radius 3 is 2.48 bits per heavy atom. The highest BCUT2D eigenvalue weighted by Crippen LogP contribution is 2.44. The number of anilines is 1. The van der Waals surface area contributed by atoms with Crippen molar-refractivity contribution >= 4 is 23.7 Å². The number of amides is 1. The molecule has 0 saturated carbocycles. The number of aromatic nitrogens is 2. The molecule has 27 heavy (non-hydrogen) atoms. The zero-order valence-corrected chi connectivity index (χ0v) is 14.6. The van der Waals surface area contributed by atoms with Crippen molar-refractivity contribution in [2.75, 3.05) is 11.9 Å². The van der Waals surface area contributed by atoms with Gasteiger partial charge in [0.25, 0.3) is 0 Å². The Kier molecular flexibility index (Phi) is 5.88. The van der Waals surface area contributed by atoms with E-state index in [1.165, 1.54) is 6.92 Å². The average Bonchev–Trinajstić information content (AvgIpc) is 2.76. The molecule has 1 N–H and O–H groups in total. The summed E-state index contributed by atoms with van der Waals surface area (Å²) in [5.41, 5.74) is -1.12. The molecular formula is C15H17F2N3O7. The highest BCUT2D eigenvalue weighted by atomic mass is 19.3. The Labute approximate surface area is 151 Å². The van der Waals surface area contributed by atoms with Gasteiger partial charge in [-0.15, -0.1) is 0 Å². The second-order valence-electron chi connectivity index (χ2n) is 5.72. The van der Waals surface area contributed by atoms with Crippen LogP contribution in [0.15, 0.2) is 17.1 Å². The third-order valence-electron chi connectivity index (χ3n) is 3.48. The molecule has 2 rings (SSSR count). The maximum Gasteiger partial charge on any atom is 0.351 e. The van der Waals surface area contributed by atoms with E-state index in [0.717, 1.165) is 26.1 Å². The Hall–Kier alpha value is -2.89. The molecule has 3 atom stereocenters. The SMILES string of the molecule is CC(=O)Nc1ccn(C2OC(COC(C)=O)C(OC(C)=O)C2(F)F)c(=O)n1. The van der Waals surface area contributed by atoms with Crippen LogP contribution >= 0.6 is 0 Å². The lowest BCUT2D eigenvalue weighted by Crippen LogP contribution is -2.44. The molecule has 0 spiro atoms.